The molecular formula is C20H21N3O3S. The lowest BCUT2D eigenvalue weighted by molar-refractivity contribution is -0.123. The van der Waals surface area contributed by atoms with Crippen LogP contribution in [-0.4, -0.2) is 35.9 Å². The molecule has 27 heavy (non-hydrogen) atoms. The van der Waals surface area contributed by atoms with Crippen molar-refractivity contribution in [1.82, 2.24) is 15.5 Å². The van der Waals surface area contributed by atoms with Gasteiger partial charge in [-0.25, -0.2) is 0 Å². The number of rotatable bonds is 8. The van der Waals surface area contributed by atoms with Gasteiger partial charge in [0, 0.05) is 6.07 Å². The zero-order valence-electron chi connectivity index (χ0n) is 15.3. The first-order chi connectivity index (χ1) is 13.1. The predicted molar refractivity (Wildman–Crippen MR) is 105 cm³/mol. The van der Waals surface area contributed by atoms with E-state index in [-0.39, 0.29) is 12.5 Å². The van der Waals surface area contributed by atoms with Gasteiger partial charge < -0.3 is 14.8 Å². The van der Waals surface area contributed by atoms with E-state index in [1.54, 1.807) is 17.4 Å². The molecule has 0 fully saturated rings. The Morgan fingerprint density at radius 1 is 1.07 bits per heavy atom. The van der Waals surface area contributed by atoms with Crippen molar-refractivity contribution in [1.29, 1.82) is 0 Å². The van der Waals surface area contributed by atoms with Gasteiger partial charge in [-0.1, -0.05) is 18.2 Å². The fourth-order valence-corrected chi connectivity index (χ4v) is 3.06. The van der Waals surface area contributed by atoms with Gasteiger partial charge in [0.1, 0.15) is 18.1 Å². The van der Waals surface area contributed by atoms with Crippen molar-refractivity contribution >= 4 is 17.2 Å². The number of ether oxygens (including phenoxy) is 2. The molecule has 2 heterocycles. The first-order valence-electron chi connectivity index (χ1n) is 8.59. The van der Waals surface area contributed by atoms with E-state index in [1.165, 1.54) is 0 Å². The van der Waals surface area contributed by atoms with Crippen LogP contribution < -0.4 is 14.8 Å². The minimum absolute atomic E-state index is 0.0282. The molecule has 0 aliphatic rings. The van der Waals surface area contributed by atoms with Gasteiger partial charge in [-0.05, 0) is 48.6 Å². The zero-order chi connectivity index (χ0) is 19.1. The molecule has 140 valence electrons. The maximum absolute atomic E-state index is 11.9. The zero-order valence-corrected chi connectivity index (χ0v) is 16.1. The molecule has 6 nitrogen and oxygen atoms in total. The van der Waals surface area contributed by atoms with Crippen LogP contribution >= 0.6 is 11.3 Å². The highest BCUT2D eigenvalue weighted by Crippen LogP contribution is 2.22. The minimum atomic E-state index is -0.196. The number of aryl methyl sites for hydroxylation is 1. The summed E-state index contributed by atoms with van der Waals surface area (Å²) in [5, 5.41) is 12.9. The van der Waals surface area contributed by atoms with Gasteiger partial charge in [-0.2, -0.15) is 0 Å². The van der Waals surface area contributed by atoms with E-state index in [9.17, 15) is 4.79 Å². The molecular weight excluding hydrogens is 362 g/mol. The van der Waals surface area contributed by atoms with E-state index in [4.69, 9.17) is 9.47 Å². The van der Waals surface area contributed by atoms with Crippen LogP contribution in [0.1, 0.15) is 11.1 Å². The third-order valence-electron chi connectivity index (χ3n) is 4.00. The highest BCUT2D eigenvalue weighted by atomic mass is 32.1. The van der Waals surface area contributed by atoms with E-state index < -0.39 is 0 Å². The van der Waals surface area contributed by atoms with Crippen LogP contribution in [-0.2, 0) is 4.79 Å². The highest BCUT2D eigenvalue weighted by molar-refractivity contribution is 7.13. The van der Waals surface area contributed by atoms with Gasteiger partial charge in [-0.3, -0.25) is 4.79 Å². The summed E-state index contributed by atoms with van der Waals surface area (Å²) in [4.78, 5) is 12.9. The van der Waals surface area contributed by atoms with E-state index in [2.05, 4.69) is 15.5 Å². The number of hydrogen-bond donors (Lipinski definition) is 1. The number of hydrogen-bond acceptors (Lipinski definition) is 6. The second-order valence-corrected chi connectivity index (χ2v) is 6.87. The first kappa shape index (κ1) is 18.8. The van der Waals surface area contributed by atoms with Crippen molar-refractivity contribution in [3.05, 3.63) is 59.0 Å². The molecule has 0 aliphatic heterocycles. The molecule has 0 saturated carbocycles. The summed E-state index contributed by atoms with van der Waals surface area (Å²) in [5.74, 6) is 0.956. The molecule has 7 heteroatoms. The quantitative estimate of drug-likeness (QED) is 0.604. The number of aromatic nitrogens is 2. The lowest BCUT2D eigenvalue weighted by Gasteiger charge is -2.11. The summed E-state index contributed by atoms with van der Waals surface area (Å²) in [6, 6.07) is 13.4. The molecule has 2 aromatic heterocycles. The Hall–Kier alpha value is -2.93. The van der Waals surface area contributed by atoms with E-state index in [1.807, 2.05) is 55.6 Å². The predicted octanol–water partition coefficient (Wildman–Crippen LogP) is 3.40. The maximum atomic E-state index is 11.9. The monoisotopic (exact) mass is 383 g/mol. The number of nitrogens with zero attached hydrogens (tertiary/aromatic N) is 2. The van der Waals surface area contributed by atoms with Crippen LogP contribution in [0.2, 0.25) is 0 Å². The SMILES string of the molecule is Cc1cccc(OCC(=O)NCCOc2ccc(-c3cccs3)nn2)c1C. The van der Waals surface area contributed by atoms with Crippen molar-refractivity contribution in [3.63, 3.8) is 0 Å². The van der Waals surface area contributed by atoms with Crippen LogP contribution in [0.5, 0.6) is 11.6 Å². The first-order valence-corrected chi connectivity index (χ1v) is 9.47. The van der Waals surface area contributed by atoms with Crippen LogP contribution in [0.15, 0.2) is 47.8 Å². The lowest BCUT2D eigenvalue weighted by atomic mass is 10.1. The molecule has 1 aromatic carbocycles. The molecule has 0 unspecified atom stereocenters. The Kier molecular flexibility index (Phi) is 6.38. The fourth-order valence-electron chi connectivity index (χ4n) is 2.37. The number of carbonyl (C=O) groups excluding carboxylic acids is 1. The van der Waals surface area contributed by atoms with Gasteiger partial charge in [0.25, 0.3) is 5.91 Å². The van der Waals surface area contributed by atoms with Gasteiger partial charge >= 0.3 is 0 Å². The molecule has 0 atom stereocenters. The Labute approximate surface area is 162 Å². The number of benzene rings is 1. The summed E-state index contributed by atoms with van der Waals surface area (Å²) in [7, 11) is 0. The van der Waals surface area contributed by atoms with Gasteiger partial charge in [0.05, 0.1) is 11.4 Å². The Bertz CT molecular complexity index is 880. The number of thiophene rings is 1. The van der Waals surface area contributed by atoms with Crippen molar-refractivity contribution in [3.8, 4) is 22.2 Å². The normalized spacial score (nSPS) is 10.4. The average Bonchev–Trinajstić information content (AvgIpc) is 3.22. The largest absolute Gasteiger partial charge is 0.483 e. The van der Waals surface area contributed by atoms with Crippen LogP contribution in [0.3, 0.4) is 0 Å². The van der Waals surface area contributed by atoms with Crippen LogP contribution in [0, 0.1) is 13.8 Å². The highest BCUT2D eigenvalue weighted by Gasteiger charge is 2.06. The molecule has 3 aromatic rings. The molecule has 1 amide bonds. The molecule has 0 saturated heterocycles. The van der Waals surface area contributed by atoms with E-state index in [0.717, 1.165) is 27.4 Å². The third kappa shape index (κ3) is 5.27. The number of amides is 1. The summed E-state index contributed by atoms with van der Waals surface area (Å²) in [6.45, 7) is 4.63. The van der Waals surface area contributed by atoms with Crippen molar-refractivity contribution in [2.24, 2.45) is 0 Å². The summed E-state index contributed by atoms with van der Waals surface area (Å²) in [5.41, 5.74) is 2.99. The number of carbonyl (C=O) groups is 1. The second-order valence-electron chi connectivity index (χ2n) is 5.92. The van der Waals surface area contributed by atoms with Crippen molar-refractivity contribution in [2.75, 3.05) is 19.8 Å². The summed E-state index contributed by atoms with van der Waals surface area (Å²) < 4.78 is 11.1. The molecule has 1 N–H and O–H groups in total. The average molecular weight is 383 g/mol. The molecule has 0 bridgehead atoms. The molecule has 0 radical (unpaired) electrons. The third-order valence-corrected chi connectivity index (χ3v) is 4.89. The lowest BCUT2D eigenvalue weighted by Crippen LogP contribution is -2.32. The van der Waals surface area contributed by atoms with Crippen LogP contribution in [0.25, 0.3) is 10.6 Å². The van der Waals surface area contributed by atoms with Gasteiger partial charge in [0.2, 0.25) is 5.88 Å². The maximum Gasteiger partial charge on any atom is 0.258 e. The Balaban J connectivity index is 1.37. The van der Waals surface area contributed by atoms with Crippen molar-refractivity contribution in [2.45, 2.75) is 13.8 Å². The minimum Gasteiger partial charge on any atom is -0.483 e. The van der Waals surface area contributed by atoms with E-state index >= 15 is 0 Å². The second kappa shape index (κ2) is 9.14. The van der Waals surface area contributed by atoms with Crippen molar-refractivity contribution < 1.29 is 14.3 Å². The summed E-state index contributed by atoms with van der Waals surface area (Å²) >= 11 is 1.61. The molecule has 3 rings (SSSR count). The Morgan fingerprint density at radius 3 is 2.70 bits per heavy atom. The topological polar surface area (TPSA) is 73.3 Å². The smallest absolute Gasteiger partial charge is 0.258 e. The standard InChI is InChI=1S/C20H21N3O3S/c1-14-5-3-6-17(15(14)2)26-13-19(24)21-10-11-25-20-9-8-16(22-23-20)18-7-4-12-27-18/h3-9,12H,10-11,13H2,1-2H3,(H,21,24). The van der Waals surface area contributed by atoms with Crippen LogP contribution in [0.4, 0.5) is 0 Å². The Morgan fingerprint density at radius 2 is 1.96 bits per heavy atom. The van der Waals surface area contributed by atoms with E-state index in [0.29, 0.717) is 19.0 Å². The molecule has 0 aliphatic carbocycles. The van der Waals surface area contributed by atoms with Gasteiger partial charge in [0.15, 0.2) is 6.61 Å². The fraction of sp³-hybridized carbons (Fsp3) is 0.250. The molecule has 0 spiro atoms. The number of nitrogens with one attached hydrogen (secondary N) is 1. The van der Waals surface area contributed by atoms with Gasteiger partial charge in [-0.15, -0.1) is 21.5 Å². The summed E-state index contributed by atoms with van der Waals surface area (Å²) in [6.07, 6.45) is 0.